The molecule has 0 spiro atoms. The molecule has 0 fully saturated rings. The SMILES string of the molecule is CC/C(F)=C(\C)C(F)(F)F. The Morgan fingerprint density at radius 1 is 1.30 bits per heavy atom. The van der Waals surface area contributed by atoms with Crippen LogP contribution in [-0.2, 0) is 0 Å². The summed E-state index contributed by atoms with van der Waals surface area (Å²) in [5.74, 6) is -1.09. The second kappa shape index (κ2) is 3.03. The van der Waals surface area contributed by atoms with Crippen LogP contribution in [0, 0.1) is 0 Å². The molecule has 60 valence electrons. The highest BCUT2D eigenvalue weighted by Gasteiger charge is 2.32. The van der Waals surface area contributed by atoms with E-state index in [2.05, 4.69) is 0 Å². The van der Waals surface area contributed by atoms with Crippen LogP contribution in [0.1, 0.15) is 20.3 Å². The summed E-state index contributed by atoms with van der Waals surface area (Å²) in [6.45, 7) is 2.07. The highest BCUT2D eigenvalue weighted by atomic mass is 19.4. The van der Waals surface area contributed by atoms with Crippen molar-refractivity contribution < 1.29 is 17.6 Å². The van der Waals surface area contributed by atoms with E-state index in [1.807, 2.05) is 0 Å². The van der Waals surface area contributed by atoms with Gasteiger partial charge in [-0.3, -0.25) is 0 Å². The second-order valence-corrected chi connectivity index (χ2v) is 1.88. The molecule has 0 aliphatic rings. The minimum absolute atomic E-state index is 0.203. The van der Waals surface area contributed by atoms with Crippen molar-refractivity contribution in [2.45, 2.75) is 26.4 Å². The number of halogens is 4. The van der Waals surface area contributed by atoms with E-state index in [9.17, 15) is 17.6 Å². The van der Waals surface area contributed by atoms with Crippen LogP contribution in [0.3, 0.4) is 0 Å². The third-order valence-corrected chi connectivity index (χ3v) is 1.14. The zero-order chi connectivity index (χ0) is 8.36. The third-order valence-electron chi connectivity index (χ3n) is 1.14. The Hall–Kier alpha value is -0.540. The molecule has 0 N–H and O–H groups in total. The molecule has 0 rings (SSSR count). The summed E-state index contributed by atoms with van der Waals surface area (Å²) in [6.07, 6.45) is -4.72. The fourth-order valence-corrected chi connectivity index (χ4v) is 0.419. The van der Waals surface area contributed by atoms with Crippen LogP contribution < -0.4 is 0 Å². The minimum atomic E-state index is -4.51. The summed E-state index contributed by atoms with van der Waals surface area (Å²) in [7, 11) is 0. The monoisotopic (exact) mass is 156 g/mol. The first-order valence-corrected chi connectivity index (χ1v) is 2.82. The first kappa shape index (κ1) is 9.46. The van der Waals surface area contributed by atoms with Crippen molar-refractivity contribution in [3.05, 3.63) is 11.4 Å². The van der Waals surface area contributed by atoms with Crippen LogP contribution in [0.5, 0.6) is 0 Å². The van der Waals surface area contributed by atoms with Crippen LogP contribution in [0.25, 0.3) is 0 Å². The molecule has 0 nitrogen and oxygen atoms in total. The standard InChI is InChI=1S/C6H8F4/c1-3-5(7)4(2)6(8,9)10/h3H2,1-2H3/b5-4-. The highest BCUT2D eigenvalue weighted by molar-refractivity contribution is 5.10. The predicted molar refractivity (Wildman–Crippen MR) is 30.2 cm³/mol. The van der Waals surface area contributed by atoms with Crippen LogP contribution in [-0.4, -0.2) is 6.18 Å². The van der Waals surface area contributed by atoms with Gasteiger partial charge in [-0.15, -0.1) is 0 Å². The van der Waals surface area contributed by atoms with E-state index in [-0.39, 0.29) is 6.42 Å². The van der Waals surface area contributed by atoms with Gasteiger partial charge in [0.05, 0.1) is 5.57 Å². The molecule has 0 saturated heterocycles. The molecular formula is C6H8F4. The van der Waals surface area contributed by atoms with Crippen LogP contribution in [0.4, 0.5) is 17.6 Å². The van der Waals surface area contributed by atoms with Crippen molar-refractivity contribution in [1.82, 2.24) is 0 Å². The molecule has 0 aliphatic carbocycles. The van der Waals surface area contributed by atoms with Gasteiger partial charge in [0.1, 0.15) is 5.83 Å². The smallest absolute Gasteiger partial charge is 0.212 e. The van der Waals surface area contributed by atoms with Gasteiger partial charge in [-0.25, -0.2) is 4.39 Å². The lowest BCUT2D eigenvalue weighted by Crippen LogP contribution is -2.10. The maximum atomic E-state index is 12.2. The summed E-state index contributed by atoms with van der Waals surface area (Å²) < 4.78 is 46.9. The second-order valence-electron chi connectivity index (χ2n) is 1.88. The average molecular weight is 156 g/mol. The van der Waals surface area contributed by atoms with E-state index in [0.717, 1.165) is 6.92 Å². The minimum Gasteiger partial charge on any atom is -0.212 e. The Bertz CT molecular complexity index is 142. The molecule has 0 aliphatic heterocycles. The summed E-state index contributed by atoms with van der Waals surface area (Å²) >= 11 is 0. The summed E-state index contributed by atoms with van der Waals surface area (Å²) in [5.41, 5.74) is -1.13. The average Bonchev–Trinajstić information content (AvgIpc) is 1.83. The number of hydrogen-bond donors (Lipinski definition) is 0. The molecule has 0 bridgehead atoms. The normalized spacial score (nSPS) is 15.0. The highest BCUT2D eigenvalue weighted by Crippen LogP contribution is 2.28. The largest absolute Gasteiger partial charge is 0.414 e. The molecule has 0 aromatic rings. The van der Waals surface area contributed by atoms with Crippen LogP contribution in [0.2, 0.25) is 0 Å². The van der Waals surface area contributed by atoms with Crippen molar-refractivity contribution in [3.63, 3.8) is 0 Å². The molecule has 0 radical (unpaired) electrons. The number of alkyl halides is 3. The van der Waals surface area contributed by atoms with Gasteiger partial charge in [0, 0.05) is 0 Å². The van der Waals surface area contributed by atoms with E-state index in [4.69, 9.17) is 0 Å². The van der Waals surface area contributed by atoms with Crippen molar-refractivity contribution in [2.75, 3.05) is 0 Å². The molecule has 0 heterocycles. The van der Waals surface area contributed by atoms with E-state index in [1.165, 1.54) is 6.92 Å². The Morgan fingerprint density at radius 2 is 1.70 bits per heavy atom. The molecule has 0 aromatic carbocycles. The maximum Gasteiger partial charge on any atom is 0.414 e. The lowest BCUT2D eigenvalue weighted by molar-refractivity contribution is -0.0933. The third kappa shape index (κ3) is 2.37. The van der Waals surface area contributed by atoms with Gasteiger partial charge in [0.2, 0.25) is 0 Å². The van der Waals surface area contributed by atoms with Gasteiger partial charge in [0.15, 0.2) is 0 Å². The van der Waals surface area contributed by atoms with Gasteiger partial charge < -0.3 is 0 Å². The lowest BCUT2D eigenvalue weighted by Gasteiger charge is -2.06. The molecule has 0 unspecified atom stereocenters. The first-order chi connectivity index (χ1) is 4.39. The fourth-order valence-electron chi connectivity index (χ4n) is 0.419. The van der Waals surface area contributed by atoms with Crippen molar-refractivity contribution >= 4 is 0 Å². The zero-order valence-corrected chi connectivity index (χ0v) is 5.72. The molecular weight excluding hydrogens is 148 g/mol. The van der Waals surface area contributed by atoms with E-state index >= 15 is 0 Å². The molecule has 0 aromatic heterocycles. The fraction of sp³-hybridized carbons (Fsp3) is 0.667. The van der Waals surface area contributed by atoms with Gasteiger partial charge in [-0.1, -0.05) is 6.92 Å². The van der Waals surface area contributed by atoms with Crippen molar-refractivity contribution in [3.8, 4) is 0 Å². The predicted octanol–water partition coefficient (Wildman–Crippen LogP) is 3.20. The Balaban J connectivity index is 4.47. The Kier molecular flexibility index (Phi) is 2.87. The number of hydrogen-bond acceptors (Lipinski definition) is 0. The molecule has 0 saturated carbocycles. The van der Waals surface area contributed by atoms with Crippen molar-refractivity contribution in [1.29, 1.82) is 0 Å². The topological polar surface area (TPSA) is 0 Å². The summed E-state index contributed by atoms with van der Waals surface area (Å²) in [5, 5.41) is 0. The van der Waals surface area contributed by atoms with E-state index in [1.54, 1.807) is 0 Å². The molecule has 4 heteroatoms. The molecule has 0 amide bonds. The van der Waals surface area contributed by atoms with Crippen molar-refractivity contribution in [2.24, 2.45) is 0 Å². The van der Waals surface area contributed by atoms with Gasteiger partial charge >= 0.3 is 6.18 Å². The first-order valence-electron chi connectivity index (χ1n) is 2.82. The number of allylic oxidation sites excluding steroid dienone is 2. The quantitative estimate of drug-likeness (QED) is 0.511. The number of rotatable bonds is 1. The summed E-state index contributed by atoms with van der Waals surface area (Å²) in [4.78, 5) is 0. The van der Waals surface area contributed by atoms with Gasteiger partial charge in [-0.2, -0.15) is 13.2 Å². The van der Waals surface area contributed by atoms with Crippen LogP contribution >= 0.6 is 0 Å². The summed E-state index contributed by atoms with van der Waals surface area (Å²) in [6, 6.07) is 0. The Morgan fingerprint density at radius 3 is 1.80 bits per heavy atom. The lowest BCUT2D eigenvalue weighted by atomic mass is 10.2. The maximum absolute atomic E-state index is 12.2. The van der Waals surface area contributed by atoms with E-state index in [0.29, 0.717) is 0 Å². The van der Waals surface area contributed by atoms with Crippen LogP contribution in [0.15, 0.2) is 11.4 Å². The zero-order valence-electron chi connectivity index (χ0n) is 5.72. The van der Waals surface area contributed by atoms with E-state index < -0.39 is 17.6 Å². The van der Waals surface area contributed by atoms with Gasteiger partial charge in [-0.05, 0) is 13.3 Å². The van der Waals surface area contributed by atoms with Gasteiger partial charge in [0.25, 0.3) is 0 Å². The molecule has 10 heavy (non-hydrogen) atoms. The molecule has 0 atom stereocenters. The Labute approximate surface area is 56.5 Å².